The van der Waals surface area contributed by atoms with Crippen molar-refractivity contribution in [1.82, 2.24) is 10.1 Å². The van der Waals surface area contributed by atoms with Gasteiger partial charge < -0.3 is 5.11 Å². The number of carbonyl (C=O) groups is 1. The lowest BCUT2D eigenvalue weighted by Crippen LogP contribution is -2.58. The maximum Gasteiger partial charge on any atom is 0.266 e. The zero-order chi connectivity index (χ0) is 19.7. The first-order valence-electron chi connectivity index (χ1n) is 9.17. The fraction of sp³-hybridized carbons (Fsp3) is 0.238. The zero-order valence-electron chi connectivity index (χ0n) is 15.7. The Morgan fingerprint density at radius 1 is 1.18 bits per heavy atom. The Morgan fingerprint density at radius 2 is 1.89 bits per heavy atom. The predicted molar refractivity (Wildman–Crippen MR) is 106 cm³/mol. The molecular weight excluding hydrogens is 372 g/mol. The average Bonchev–Trinajstić information content (AvgIpc) is 2.71. The van der Waals surface area contributed by atoms with Crippen molar-refractivity contribution in [3.8, 4) is 17.1 Å². The molecule has 0 saturated carbocycles. The third-order valence-corrected chi connectivity index (χ3v) is 5.65. The van der Waals surface area contributed by atoms with E-state index in [1.807, 2.05) is 61.5 Å². The lowest BCUT2D eigenvalue weighted by atomic mass is 10.0. The van der Waals surface area contributed by atoms with Crippen LogP contribution in [0.15, 0.2) is 59.8 Å². The molecule has 0 aliphatic carbocycles. The van der Waals surface area contributed by atoms with E-state index < -0.39 is 0 Å². The fourth-order valence-corrected chi connectivity index (χ4v) is 4.31. The molecule has 142 valence electrons. The van der Waals surface area contributed by atoms with Crippen molar-refractivity contribution >= 4 is 23.4 Å². The Bertz CT molecular complexity index is 1030. The number of benzene rings is 2. The number of hydrogen-bond acceptors (Lipinski definition) is 5. The molecule has 7 heteroatoms. The molecule has 0 N–H and O–H groups in total. The summed E-state index contributed by atoms with van der Waals surface area (Å²) in [5.41, 5.74) is 2.98. The SMILES string of the molecule is CCC1N(C(C)=O)c2ccccc2-c2c([O-])nc(SCc3ccccc3)n[n+]21. The summed E-state index contributed by atoms with van der Waals surface area (Å²) in [6, 6.07) is 17.4. The fourth-order valence-electron chi connectivity index (χ4n) is 3.53. The molecule has 0 bridgehead atoms. The van der Waals surface area contributed by atoms with Crippen LogP contribution in [-0.4, -0.2) is 16.0 Å². The van der Waals surface area contributed by atoms with Gasteiger partial charge in [-0.2, -0.15) is 0 Å². The summed E-state index contributed by atoms with van der Waals surface area (Å²) in [4.78, 5) is 18.3. The van der Waals surface area contributed by atoms with Gasteiger partial charge in [0.2, 0.25) is 5.91 Å². The molecule has 0 radical (unpaired) electrons. The number of thioether (sulfide) groups is 1. The van der Waals surface area contributed by atoms with Gasteiger partial charge >= 0.3 is 0 Å². The molecule has 3 aromatic rings. The Balaban J connectivity index is 1.79. The summed E-state index contributed by atoms with van der Waals surface area (Å²) >= 11 is 1.42. The Labute approximate surface area is 167 Å². The van der Waals surface area contributed by atoms with E-state index >= 15 is 0 Å². The van der Waals surface area contributed by atoms with Crippen LogP contribution in [0.4, 0.5) is 5.69 Å². The number of amides is 1. The van der Waals surface area contributed by atoms with Gasteiger partial charge in [-0.25, -0.2) is 4.98 Å². The molecule has 6 nitrogen and oxygen atoms in total. The molecule has 1 atom stereocenters. The Morgan fingerprint density at radius 3 is 2.61 bits per heavy atom. The lowest BCUT2D eigenvalue weighted by molar-refractivity contribution is -0.772. The number of hydrogen-bond donors (Lipinski definition) is 0. The maximum atomic E-state index is 12.9. The number of para-hydroxylation sites is 1. The zero-order valence-corrected chi connectivity index (χ0v) is 16.5. The Hall–Kier alpha value is -2.93. The van der Waals surface area contributed by atoms with E-state index in [4.69, 9.17) is 0 Å². The second-order valence-corrected chi connectivity index (χ2v) is 7.50. The summed E-state index contributed by atoms with van der Waals surface area (Å²) in [5, 5.41) is 18.0. The smallest absolute Gasteiger partial charge is 0.266 e. The second kappa shape index (κ2) is 7.59. The summed E-state index contributed by atoms with van der Waals surface area (Å²) in [5.74, 6) is 0.269. The van der Waals surface area contributed by atoms with Crippen molar-refractivity contribution in [2.75, 3.05) is 4.90 Å². The highest BCUT2D eigenvalue weighted by molar-refractivity contribution is 7.98. The third-order valence-electron chi connectivity index (χ3n) is 4.74. The van der Waals surface area contributed by atoms with Crippen LogP contribution in [0.3, 0.4) is 0 Å². The van der Waals surface area contributed by atoms with Crippen molar-refractivity contribution in [2.45, 2.75) is 37.3 Å². The predicted octanol–water partition coefficient (Wildman–Crippen LogP) is 3.07. The van der Waals surface area contributed by atoms with E-state index in [-0.39, 0.29) is 18.0 Å². The van der Waals surface area contributed by atoms with Gasteiger partial charge in [-0.1, -0.05) is 65.8 Å². The van der Waals surface area contributed by atoms with Crippen molar-refractivity contribution in [2.24, 2.45) is 0 Å². The summed E-state index contributed by atoms with van der Waals surface area (Å²) in [6.07, 6.45) is 0.277. The molecule has 1 unspecified atom stereocenters. The number of aromatic nitrogens is 3. The van der Waals surface area contributed by atoms with Crippen LogP contribution in [0, 0.1) is 0 Å². The van der Waals surface area contributed by atoms with E-state index in [2.05, 4.69) is 10.1 Å². The van der Waals surface area contributed by atoms with Gasteiger partial charge in [-0.15, -0.1) is 0 Å². The number of fused-ring (bicyclic) bond motifs is 3. The highest BCUT2D eigenvalue weighted by atomic mass is 32.2. The van der Waals surface area contributed by atoms with Crippen LogP contribution in [0.5, 0.6) is 5.88 Å². The first-order valence-corrected chi connectivity index (χ1v) is 10.2. The summed E-state index contributed by atoms with van der Waals surface area (Å²) in [7, 11) is 0. The first kappa shape index (κ1) is 18.4. The van der Waals surface area contributed by atoms with Gasteiger partial charge in [0.05, 0.1) is 17.1 Å². The standard InChI is InChI=1S/C21H20N4O2S/c1-3-18-24(14(2)26)17-12-8-7-11-16(17)19-20(27)22-21(23-25(18)19)28-13-15-9-5-4-6-10-15/h4-12,18H,3,13H2,1-2H3. The van der Waals surface area contributed by atoms with Crippen molar-refractivity contribution in [1.29, 1.82) is 0 Å². The molecule has 0 spiro atoms. The first-order chi connectivity index (χ1) is 13.6. The minimum atomic E-state index is -0.353. The molecule has 1 aliphatic heterocycles. The van der Waals surface area contributed by atoms with Gasteiger partial charge in [0.25, 0.3) is 17.0 Å². The van der Waals surface area contributed by atoms with Gasteiger partial charge in [-0.05, 0) is 17.7 Å². The molecule has 2 aromatic carbocycles. The number of carbonyl (C=O) groups excluding carboxylic acids is 1. The molecule has 1 aromatic heterocycles. The summed E-state index contributed by atoms with van der Waals surface area (Å²) in [6.45, 7) is 3.52. The van der Waals surface area contributed by atoms with E-state index in [1.165, 1.54) is 18.7 Å². The third kappa shape index (κ3) is 3.22. The number of nitrogens with zero attached hydrogens (tertiary/aromatic N) is 4. The Kier molecular flexibility index (Phi) is 5.00. The van der Waals surface area contributed by atoms with E-state index in [1.54, 1.807) is 9.58 Å². The monoisotopic (exact) mass is 392 g/mol. The van der Waals surface area contributed by atoms with Gasteiger partial charge in [0.1, 0.15) is 0 Å². The quantitative estimate of drug-likeness (QED) is 0.504. The van der Waals surface area contributed by atoms with Crippen LogP contribution in [0.1, 0.15) is 32.0 Å². The molecule has 28 heavy (non-hydrogen) atoms. The summed E-state index contributed by atoms with van der Waals surface area (Å²) < 4.78 is 1.67. The average molecular weight is 392 g/mol. The van der Waals surface area contributed by atoms with Crippen LogP contribution in [-0.2, 0) is 10.5 Å². The normalized spacial score (nSPS) is 15.1. The van der Waals surface area contributed by atoms with Crippen LogP contribution in [0.25, 0.3) is 11.3 Å². The molecule has 0 fully saturated rings. The van der Waals surface area contributed by atoms with Crippen molar-refractivity contribution in [3.05, 3.63) is 60.2 Å². The minimum Gasteiger partial charge on any atom is -0.854 e. The van der Waals surface area contributed by atoms with Gasteiger partial charge in [0, 0.05) is 24.2 Å². The van der Waals surface area contributed by atoms with Crippen LogP contribution < -0.4 is 14.7 Å². The molecule has 4 rings (SSSR count). The number of anilines is 1. The lowest BCUT2D eigenvalue weighted by Gasteiger charge is -2.32. The molecular formula is C21H20N4O2S. The van der Waals surface area contributed by atoms with Crippen LogP contribution in [0.2, 0.25) is 0 Å². The highest BCUT2D eigenvalue weighted by Crippen LogP contribution is 2.39. The van der Waals surface area contributed by atoms with E-state index in [0.717, 1.165) is 11.3 Å². The number of rotatable bonds is 4. The largest absolute Gasteiger partial charge is 0.854 e. The van der Waals surface area contributed by atoms with Gasteiger partial charge in [0.15, 0.2) is 0 Å². The van der Waals surface area contributed by atoms with E-state index in [0.29, 0.717) is 28.6 Å². The van der Waals surface area contributed by atoms with E-state index in [9.17, 15) is 9.90 Å². The molecule has 2 heterocycles. The van der Waals surface area contributed by atoms with Gasteiger partial charge in [-0.3, -0.25) is 9.69 Å². The minimum absolute atomic E-state index is 0.0815. The molecule has 1 aliphatic rings. The molecule has 1 amide bonds. The van der Waals surface area contributed by atoms with Crippen LogP contribution >= 0.6 is 11.8 Å². The second-order valence-electron chi connectivity index (χ2n) is 6.56. The van der Waals surface area contributed by atoms with Crippen molar-refractivity contribution in [3.63, 3.8) is 0 Å². The highest BCUT2D eigenvalue weighted by Gasteiger charge is 2.41. The van der Waals surface area contributed by atoms with Crippen molar-refractivity contribution < 1.29 is 14.6 Å². The molecule has 0 saturated heterocycles. The topological polar surface area (TPSA) is 73.0 Å². The maximum absolute atomic E-state index is 12.9.